The van der Waals surface area contributed by atoms with E-state index in [-0.39, 0.29) is 11.1 Å². The third kappa shape index (κ3) is 8.56. The minimum absolute atomic E-state index is 0.287. The minimum Gasteiger partial charge on any atom is -0.481 e. The molecular weight excluding hydrogens is 741 g/mol. The van der Waals surface area contributed by atoms with E-state index in [1.165, 1.54) is 13.8 Å². The summed E-state index contributed by atoms with van der Waals surface area (Å²) in [5.41, 5.74) is -5.20. The predicted molar refractivity (Wildman–Crippen MR) is 172 cm³/mol. The van der Waals surface area contributed by atoms with Crippen LogP contribution in [-0.2, 0) is 12.4 Å². The van der Waals surface area contributed by atoms with Crippen molar-refractivity contribution >= 4 is 34.6 Å². The zero-order chi connectivity index (χ0) is 38.0. The van der Waals surface area contributed by atoms with Gasteiger partial charge in [0.15, 0.2) is 0 Å². The molecular formula is C32H24Cl2F6N2O9. The molecule has 0 saturated heterocycles. The van der Waals surface area contributed by atoms with Gasteiger partial charge in [-0.25, -0.2) is 0 Å². The molecule has 0 bridgehead atoms. The highest BCUT2D eigenvalue weighted by Crippen LogP contribution is 2.53. The fourth-order valence-electron chi connectivity index (χ4n) is 4.70. The Labute approximate surface area is 293 Å². The molecule has 2 N–H and O–H groups in total. The first-order valence-electron chi connectivity index (χ1n) is 14.4. The molecule has 2 unspecified atom stereocenters. The second kappa shape index (κ2) is 15.2. The Hall–Kier alpha value is -4.84. The molecule has 11 nitrogen and oxygen atoms in total. The Morgan fingerprint density at radius 3 is 1.29 bits per heavy atom. The third-order valence-electron chi connectivity index (χ3n) is 7.09. The van der Waals surface area contributed by atoms with Gasteiger partial charge in [-0.2, -0.15) is 26.3 Å². The lowest BCUT2D eigenvalue weighted by atomic mass is 9.99. The number of alkyl halides is 6. The molecule has 0 amide bonds. The monoisotopic (exact) mass is 764 g/mol. The van der Waals surface area contributed by atoms with Gasteiger partial charge in [0.25, 0.3) is 0 Å². The molecule has 4 aromatic carbocycles. The van der Waals surface area contributed by atoms with E-state index >= 15 is 0 Å². The zero-order valence-corrected chi connectivity index (χ0v) is 27.5. The second-order valence-corrected chi connectivity index (χ2v) is 11.6. The summed E-state index contributed by atoms with van der Waals surface area (Å²) >= 11 is 12.6. The summed E-state index contributed by atoms with van der Waals surface area (Å²) in [7, 11) is 0. The van der Waals surface area contributed by atoms with Gasteiger partial charge in [-0.1, -0.05) is 35.3 Å². The van der Waals surface area contributed by atoms with E-state index in [9.17, 15) is 56.8 Å². The highest BCUT2D eigenvalue weighted by Gasteiger charge is 2.35. The van der Waals surface area contributed by atoms with Crippen LogP contribution in [0.1, 0.15) is 25.0 Å². The second-order valence-electron chi connectivity index (χ2n) is 10.8. The van der Waals surface area contributed by atoms with Crippen LogP contribution in [0, 0.1) is 20.2 Å². The van der Waals surface area contributed by atoms with Gasteiger partial charge in [-0.15, -0.1) is 0 Å². The highest BCUT2D eigenvalue weighted by atomic mass is 35.5. The summed E-state index contributed by atoms with van der Waals surface area (Å²) in [5.74, 6) is -2.05. The van der Waals surface area contributed by atoms with Gasteiger partial charge in [0.2, 0.25) is 11.5 Å². The van der Waals surface area contributed by atoms with E-state index in [1.54, 1.807) is 0 Å². The lowest BCUT2D eigenvalue weighted by Crippen LogP contribution is -2.18. The number of halogens is 8. The first-order valence-corrected chi connectivity index (χ1v) is 15.1. The maximum absolute atomic E-state index is 13.5. The number of benzene rings is 4. The summed E-state index contributed by atoms with van der Waals surface area (Å²) in [6.07, 6.45) is -11.9. The van der Waals surface area contributed by atoms with Crippen molar-refractivity contribution in [1.82, 2.24) is 0 Å². The zero-order valence-electron chi connectivity index (χ0n) is 26.0. The standard InChI is InChI=1S/C32H24Cl2F6N2O9/c1-15(13-43)49-29-23(41(45)46)7-9-25(27(29)19-5-3-17(11-21(19)33)31(35,36)37)51-26-10-8-24(42(47)48)30(50-16(2)14-44)28(26)20-6-4-18(12-22(20)34)32(38,39)40/h3-12,15-16,43-44H,13-14H2,1-2H3. The van der Waals surface area contributed by atoms with Crippen LogP contribution in [0.5, 0.6) is 23.0 Å². The molecule has 0 aliphatic heterocycles. The van der Waals surface area contributed by atoms with Crippen molar-refractivity contribution in [3.8, 4) is 45.3 Å². The number of hydrogen-bond donors (Lipinski definition) is 2. The van der Waals surface area contributed by atoms with E-state index in [0.717, 1.165) is 36.4 Å². The van der Waals surface area contributed by atoms with Gasteiger partial charge < -0.3 is 24.4 Å². The van der Waals surface area contributed by atoms with Crippen LogP contribution in [0.25, 0.3) is 22.3 Å². The largest absolute Gasteiger partial charge is 0.481 e. The fraction of sp³-hybridized carbons (Fsp3) is 0.250. The van der Waals surface area contributed by atoms with Gasteiger partial charge >= 0.3 is 23.7 Å². The van der Waals surface area contributed by atoms with Crippen molar-refractivity contribution in [2.24, 2.45) is 0 Å². The maximum Gasteiger partial charge on any atom is 0.416 e. The molecule has 0 aliphatic rings. The summed E-state index contributed by atoms with van der Waals surface area (Å²) in [6, 6.07) is 7.93. The minimum atomic E-state index is -4.84. The van der Waals surface area contributed by atoms with E-state index < -0.39 is 114 Å². The quantitative estimate of drug-likeness (QED) is 0.0815. The van der Waals surface area contributed by atoms with Crippen molar-refractivity contribution in [2.75, 3.05) is 13.2 Å². The molecule has 0 spiro atoms. The van der Waals surface area contributed by atoms with Crippen molar-refractivity contribution in [1.29, 1.82) is 0 Å². The van der Waals surface area contributed by atoms with Crippen LogP contribution in [0.4, 0.5) is 37.7 Å². The van der Waals surface area contributed by atoms with Crippen LogP contribution in [0.2, 0.25) is 10.0 Å². The smallest absolute Gasteiger partial charge is 0.416 e. The molecule has 0 saturated carbocycles. The number of aliphatic hydroxyl groups excluding tert-OH is 2. The van der Waals surface area contributed by atoms with Crippen LogP contribution >= 0.6 is 23.2 Å². The predicted octanol–water partition coefficient (Wildman–Crippen LogP) is 9.49. The number of nitro groups is 2. The Balaban J connectivity index is 2.11. The van der Waals surface area contributed by atoms with Gasteiger partial charge in [0, 0.05) is 33.3 Å². The van der Waals surface area contributed by atoms with Gasteiger partial charge in [0.05, 0.1) is 45.3 Å². The van der Waals surface area contributed by atoms with Crippen molar-refractivity contribution in [2.45, 2.75) is 38.4 Å². The maximum atomic E-state index is 13.5. The third-order valence-corrected chi connectivity index (χ3v) is 7.72. The molecule has 4 rings (SSSR count). The number of ether oxygens (including phenoxy) is 3. The first kappa shape index (κ1) is 39.0. The van der Waals surface area contributed by atoms with Crippen LogP contribution in [0.15, 0.2) is 60.7 Å². The lowest BCUT2D eigenvalue weighted by Gasteiger charge is -2.23. The van der Waals surface area contributed by atoms with Crippen LogP contribution in [0.3, 0.4) is 0 Å². The topological polar surface area (TPSA) is 154 Å². The van der Waals surface area contributed by atoms with Crippen molar-refractivity contribution in [3.63, 3.8) is 0 Å². The summed E-state index contributed by atoms with van der Waals surface area (Å²) in [5, 5.41) is 42.4. The van der Waals surface area contributed by atoms with E-state index in [1.807, 2.05) is 0 Å². The van der Waals surface area contributed by atoms with Gasteiger partial charge in [-0.3, -0.25) is 20.2 Å². The molecule has 272 valence electrons. The molecule has 0 heterocycles. The fourth-order valence-corrected chi connectivity index (χ4v) is 5.25. The Morgan fingerprint density at radius 1 is 0.667 bits per heavy atom. The van der Waals surface area contributed by atoms with Crippen molar-refractivity contribution < 1.29 is 60.6 Å². The Kier molecular flexibility index (Phi) is 11.6. The molecule has 0 aliphatic carbocycles. The summed E-state index contributed by atoms with van der Waals surface area (Å²) in [6.45, 7) is 1.29. The van der Waals surface area contributed by atoms with E-state index in [4.69, 9.17) is 37.4 Å². The molecule has 0 fully saturated rings. The number of nitro benzene ring substituents is 2. The molecule has 0 radical (unpaired) electrons. The van der Waals surface area contributed by atoms with E-state index in [2.05, 4.69) is 0 Å². The summed E-state index contributed by atoms with van der Waals surface area (Å²) in [4.78, 5) is 22.5. The SMILES string of the molecule is CC(CO)Oc1c([N+](=O)[O-])ccc(Oc2ccc([N+](=O)[O-])c(OC(C)CO)c2-c2ccc(C(F)(F)F)cc2Cl)c1-c1ccc(C(F)(F)F)cc1Cl. The number of rotatable bonds is 12. The molecule has 4 aromatic rings. The molecule has 51 heavy (non-hydrogen) atoms. The molecule has 0 aromatic heterocycles. The Morgan fingerprint density at radius 2 is 1.02 bits per heavy atom. The van der Waals surface area contributed by atoms with E-state index in [0.29, 0.717) is 24.3 Å². The highest BCUT2D eigenvalue weighted by molar-refractivity contribution is 6.34. The normalized spacial score (nSPS) is 13.0. The molecule has 2 atom stereocenters. The van der Waals surface area contributed by atoms with Crippen LogP contribution < -0.4 is 14.2 Å². The molecule has 19 heteroatoms. The van der Waals surface area contributed by atoms with Gasteiger partial charge in [-0.05, 0) is 50.2 Å². The average Bonchev–Trinajstić information content (AvgIpc) is 3.04. The van der Waals surface area contributed by atoms with Crippen molar-refractivity contribution in [3.05, 3.63) is 102 Å². The average molecular weight is 765 g/mol. The number of hydrogen-bond acceptors (Lipinski definition) is 9. The Bertz CT molecular complexity index is 1840. The summed E-state index contributed by atoms with van der Waals surface area (Å²) < 4.78 is 98.7. The number of nitrogens with zero attached hydrogens (tertiary/aromatic N) is 2. The first-order chi connectivity index (χ1) is 23.8. The lowest BCUT2D eigenvalue weighted by molar-refractivity contribution is -0.386. The number of aliphatic hydroxyl groups is 2. The van der Waals surface area contributed by atoms with Gasteiger partial charge in [0.1, 0.15) is 23.7 Å². The van der Waals surface area contributed by atoms with Crippen LogP contribution in [-0.4, -0.2) is 45.5 Å².